The normalized spacial score (nSPS) is 10.9. The summed E-state index contributed by atoms with van der Waals surface area (Å²) in [5.41, 5.74) is 1.38. The molecule has 0 atom stereocenters. The minimum Gasteiger partial charge on any atom is -0.352 e. The third kappa shape index (κ3) is 6.42. The molecule has 3 rings (SSSR count). The average molecular weight is 404 g/mol. The molecule has 5 heteroatoms. The highest BCUT2D eigenvalue weighted by atomic mass is 16.2. The SMILES string of the molecule is CN(CCCNC(=O)c1ccccc1)CCCNC(=O)c1ccc2ccccc2c1. The Morgan fingerprint density at radius 3 is 1.93 bits per heavy atom. The Labute approximate surface area is 178 Å². The third-order valence-electron chi connectivity index (χ3n) is 5.05. The molecule has 2 N–H and O–H groups in total. The number of benzene rings is 3. The van der Waals surface area contributed by atoms with Gasteiger partial charge in [-0.1, -0.05) is 48.5 Å². The van der Waals surface area contributed by atoms with Crippen LogP contribution in [-0.2, 0) is 0 Å². The van der Waals surface area contributed by atoms with Crippen LogP contribution < -0.4 is 10.6 Å². The van der Waals surface area contributed by atoms with Gasteiger partial charge in [0.2, 0.25) is 0 Å². The highest BCUT2D eigenvalue weighted by molar-refractivity contribution is 5.98. The second-order valence-electron chi connectivity index (χ2n) is 7.45. The maximum absolute atomic E-state index is 12.4. The fourth-order valence-electron chi connectivity index (χ4n) is 3.34. The van der Waals surface area contributed by atoms with E-state index in [4.69, 9.17) is 0 Å². The minimum atomic E-state index is -0.0352. The highest BCUT2D eigenvalue weighted by Gasteiger charge is 2.07. The number of amides is 2. The Hall–Kier alpha value is -3.18. The smallest absolute Gasteiger partial charge is 0.251 e. The van der Waals surface area contributed by atoms with Crippen molar-refractivity contribution in [2.24, 2.45) is 0 Å². The summed E-state index contributed by atoms with van der Waals surface area (Å²) in [5.74, 6) is -0.0679. The van der Waals surface area contributed by atoms with Crippen molar-refractivity contribution in [2.75, 3.05) is 33.2 Å². The van der Waals surface area contributed by atoms with E-state index < -0.39 is 0 Å². The van der Waals surface area contributed by atoms with E-state index in [-0.39, 0.29) is 11.8 Å². The van der Waals surface area contributed by atoms with Crippen LogP contribution in [0.2, 0.25) is 0 Å². The molecular formula is C25H29N3O2. The van der Waals surface area contributed by atoms with E-state index in [0.717, 1.165) is 36.7 Å². The molecular weight excluding hydrogens is 374 g/mol. The van der Waals surface area contributed by atoms with Gasteiger partial charge in [0.1, 0.15) is 0 Å². The van der Waals surface area contributed by atoms with Gasteiger partial charge in [-0.15, -0.1) is 0 Å². The van der Waals surface area contributed by atoms with Crippen molar-refractivity contribution in [3.05, 3.63) is 83.9 Å². The molecule has 2 amide bonds. The first kappa shape index (κ1) is 21.5. The zero-order chi connectivity index (χ0) is 21.2. The Morgan fingerprint density at radius 1 is 0.700 bits per heavy atom. The monoisotopic (exact) mass is 403 g/mol. The second-order valence-corrected chi connectivity index (χ2v) is 7.45. The molecule has 0 saturated heterocycles. The maximum Gasteiger partial charge on any atom is 0.251 e. The van der Waals surface area contributed by atoms with E-state index in [2.05, 4.69) is 22.6 Å². The van der Waals surface area contributed by atoms with Crippen molar-refractivity contribution in [3.8, 4) is 0 Å². The van der Waals surface area contributed by atoms with Gasteiger partial charge in [-0.3, -0.25) is 9.59 Å². The lowest BCUT2D eigenvalue weighted by Crippen LogP contribution is -2.30. The number of carbonyl (C=O) groups excluding carboxylic acids is 2. The van der Waals surface area contributed by atoms with Crippen LogP contribution in [0.1, 0.15) is 33.6 Å². The molecule has 0 bridgehead atoms. The molecule has 0 heterocycles. The third-order valence-corrected chi connectivity index (χ3v) is 5.05. The molecule has 0 fully saturated rings. The van der Waals surface area contributed by atoms with Gasteiger partial charge in [-0.05, 0) is 68.0 Å². The van der Waals surface area contributed by atoms with Crippen LogP contribution >= 0.6 is 0 Å². The van der Waals surface area contributed by atoms with E-state index in [9.17, 15) is 9.59 Å². The summed E-state index contributed by atoms with van der Waals surface area (Å²) in [6.45, 7) is 3.08. The Morgan fingerprint density at radius 2 is 1.27 bits per heavy atom. The summed E-state index contributed by atoms with van der Waals surface area (Å²) >= 11 is 0. The number of hydrogen-bond donors (Lipinski definition) is 2. The first-order chi connectivity index (χ1) is 14.6. The van der Waals surface area contributed by atoms with Crippen LogP contribution in [0, 0.1) is 0 Å². The van der Waals surface area contributed by atoms with Crippen molar-refractivity contribution in [2.45, 2.75) is 12.8 Å². The van der Waals surface area contributed by atoms with Crippen molar-refractivity contribution < 1.29 is 9.59 Å². The number of nitrogens with one attached hydrogen (secondary N) is 2. The van der Waals surface area contributed by atoms with Crippen molar-refractivity contribution in [1.82, 2.24) is 15.5 Å². The summed E-state index contributed by atoms with van der Waals surface area (Å²) in [7, 11) is 2.06. The van der Waals surface area contributed by atoms with Gasteiger partial charge in [-0.25, -0.2) is 0 Å². The Balaban J connectivity index is 1.29. The molecule has 0 aliphatic heterocycles. The molecule has 0 unspecified atom stereocenters. The molecule has 0 aliphatic carbocycles. The summed E-state index contributed by atoms with van der Waals surface area (Å²) in [6, 6.07) is 23.1. The molecule has 3 aromatic carbocycles. The molecule has 0 saturated carbocycles. The van der Waals surface area contributed by atoms with Crippen LogP contribution in [0.5, 0.6) is 0 Å². The number of carbonyl (C=O) groups is 2. The van der Waals surface area contributed by atoms with Gasteiger partial charge < -0.3 is 15.5 Å². The Bertz CT molecular complexity index is 972. The van der Waals surface area contributed by atoms with Crippen LogP contribution in [-0.4, -0.2) is 49.9 Å². The van der Waals surface area contributed by atoms with Gasteiger partial charge in [0.15, 0.2) is 0 Å². The van der Waals surface area contributed by atoms with Crippen molar-refractivity contribution in [1.29, 1.82) is 0 Å². The summed E-state index contributed by atoms with van der Waals surface area (Å²) < 4.78 is 0. The lowest BCUT2D eigenvalue weighted by atomic mass is 10.1. The molecule has 156 valence electrons. The van der Waals surface area contributed by atoms with E-state index in [1.807, 2.05) is 72.8 Å². The van der Waals surface area contributed by atoms with Crippen LogP contribution in [0.3, 0.4) is 0 Å². The second kappa shape index (κ2) is 11.1. The summed E-state index contributed by atoms with van der Waals surface area (Å²) in [6.07, 6.45) is 1.77. The number of fused-ring (bicyclic) bond motifs is 1. The number of nitrogens with zero attached hydrogens (tertiary/aromatic N) is 1. The van der Waals surface area contributed by atoms with Gasteiger partial charge in [0.25, 0.3) is 11.8 Å². The predicted octanol–water partition coefficient (Wildman–Crippen LogP) is 3.71. The van der Waals surface area contributed by atoms with Gasteiger partial charge in [0, 0.05) is 24.2 Å². The zero-order valence-electron chi connectivity index (χ0n) is 17.4. The maximum atomic E-state index is 12.4. The summed E-state index contributed by atoms with van der Waals surface area (Å²) in [5, 5.41) is 8.15. The van der Waals surface area contributed by atoms with E-state index >= 15 is 0 Å². The quantitative estimate of drug-likeness (QED) is 0.507. The first-order valence-corrected chi connectivity index (χ1v) is 10.4. The van der Waals surface area contributed by atoms with Crippen LogP contribution in [0.15, 0.2) is 72.8 Å². The molecule has 0 radical (unpaired) electrons. The molecule has 0 aromatic heterocycles. The summed E-state index contributed by atoms with van der Waals surface area (Å²) in [4.78, 5) is 26.6. The molecule has 0 spiro atoms. The van der Waals surface area contributed by atoms with Crippen molar-refractivity contribution in [3.63, 3.8) is 0 Å². The van der Waals surface area contributed by atoms with Crippen LogP contribution in [0.25, 0.3) is 10.8 Å². The lowest BCUT2D eigenvalue weighted by Gasteiger charge is -2.17. The molecule has 5 nitrogen and oxygen atoms in total. The Kier molecular flexibility index (Phi) is 7.98. The predicted molar refractivity (Wildman–Crippen MR) is 122 cm³/mol. The fourth-order valence-corrected chi connectivity index (χ4v) is 3.34. The van der Waals surface area contributed by atoms with Gasteiger partial charge in [-0.2, -0.15) is 0 Å². The highest BCUT2D eigenvalue weighted by Crippen LogP contribution is 2.15. The van der Waals surface area contributed by atoms with E-state index in [1.165, 1.54) is 0 Å². The molecule has 0 aliphatic rings. The first-order valence-electron chi connectivity index (χ1n) is 10.4. The lowest BCUT2D eigenvalue weighted by molar-refractivity contribution is 0.0946. The van der Waals surface area contributed by atoms with Gasteiger partial charge >= 0.3 is 0 Å². The standard InChI is InChI=1S/C25H29N3O2/c1-28(17-7-15-26-24(29)21-10-3-2-4-11-21)18-8-16-27-25(30)23-14-13-20-9-5-6-12-22(20)19-23/h2-6,9-14,19H,7-8,15-18H2,1H3,(H,26,29)(H,27,30). The minimum absolute atomic E-state index is 0.0327. The van der Waals surface area contributed by atoms with E-state index in [0.29, 0.717) is 24.2 Å². The van der Waals surface area contributed by atoms with Gasteiger partial charge in [0.05, 0.1) is 0 Å². The number of hydrogen-bond acceptors (Lipinski definition) is 3. The zero-order valence-corrected chi connectivity index (χ0v) is 17.4. The largest absolute Gasteiger partial charge is 0.352 e. The molecule has 30 heavy (non-hydrogen) atoms. The fraction of sp³-hybridized carbons (Fsp3) is 0.280. The van der Waals surface area contributed by atoms with Crippen LogP contribution in [0.4, 0.5) is 0 Å². The van der Waals surface area contributed by atoms with E-state index in [1.54, 1.807) is 0 Å². The average Bonchev–Trinajstić information content (AvgIpc) is 2.79. The van der Waals surface area contributed by atoms with Crippen molar-refractivity contribution >= 4 is 22.6 Å². The number of rotatable bonds is 10. The molecule has 3 aromatic rings. The topological polar surface area (TPSA) is 61.4 Å².